The number of piperidine rings is 1. The van der Waals surface area contributed by atoms with E-state index in [0.29, 0.717) is 6.61 Å². The van der Waals surface area contributed by atoms with Crippen molar-refractivity contribution in [2.75, 3.05) is 13.2 Å². The summed E-state index contributed by atoms with van der Waals surface area (Å²) < 4.78 is 5.63. The average molecular weight is 276 g/mol. The van der Waals surface area contributed by atoms with Gasteiger partial charge in [0.2, 0.25) is 5.91 Å². The molecule has 2 rings (SSSR count). The topological polar surface area (TPSA) is 55.6 Å². The molecule has 20 heavy (non-hydrogen) atoms. The predicted molar refractivity (Wildman–Crippen MR) is 79.6 cm³/mol. The third kappa shape index (κ3) is 3.51. The summed E-state index contributed by atoms with van der Waals surface area (Å²) >= 11 is 0. The first kappa shape index (κ1) is 14.9. The Labute approximate surface area is 120 Å². The summed E-state index contributed by atoms with van der Waals surface area (Å²) in [6.07, 6.45) is 3.09. The smallest absolute Gasteiger partial charge is 0.234 e. The summed E-state index contributed by atoms with van der Waals surface area (Å²) in [6, 6.07) is 6.13. The van der Waals surface area contributed by atoms with Crippen molar-refractivity contribution < 1.29 is 9.53 Å². The highest BCUT2D eigenvalue weighted by atomic mass is 16.5. The maximum Gasteiger partial charge on any atom is 0.234 e. The number of primary amides is 1. The van der Waals surface area contributed by atoms with Gasteiger partial charge in [-0.15, -0.1) is 0 Å². The number of carbonyl (C=O) groups is 1. The van der Waals surface area contributed by atoms with Crippen molar-refractivity contribution in [2.45, 2.75) is 45.7 Å². The summed E-state index contributed by atoms with van der Waals surface area (Å²) in [5.41, 5.74) is 7.82. The lowest BCUT2D eigenvalue weighted by Crippen LogP contribution is -2.47. The fraction of sp³-hybridized carbons (Fsp3) is 0.562. The molecule has 1 amide bonds. The van der Waals surface area contributed by atoms with Crippen LogP contribution in [0.1, 0.15) is 37.3 Å². The van der Waals surface area contributed by atoms with Gasteiger partial charge in [0, 0.05) is 6.54 Å². The van der Waals surface area contributed by atoms with E-state index in [4.69, 9.17) is 10.5 Å². The van der Waals surface area contributed by atoms with Gasteiger partial charge in [-0.2, -0.15) is 0 Å². The third-order valence-corrected chi connectivity index (χ3v) is 3.88. The van der Waals surface area contributed by atoms with Crippen molar-refractivity contribution in [1.82, 2.24) is 4.90 Å². The van der Waals surface area contributed by atoms with E-state index in [0.717, 1.165) is 43.7 Å². The zero-order valence-corrected chi connectivity index (χ0v) is 12.4. The summed E-state index contributed by atoms with van der Waals surface area (Å²) in [7, 11) is 0. The van der Waals surface area contributed by atoms with Crippen molar-refractivity contribution in [1.29, 1.82) is 0 Å². The molecule has 4 nitrogen and oxygen atoms in total. The van der Waals surface area contributed by atoms with Gasteiger partial charge in [-0.3, -0.25) is 9.69 Å². The first-order chi connectivity index (χ1) is 9.61. The zero-order valence-electron chi connectivity index (χ0n) is 12.4. The maximum absolute atomic E-state index is 11.5. The van der Waals surface area contributed by atoms with Crippen molar-refractivity contribution in [3.63, 3.8) is 0 Å². The average Bonchev–Trinajstić information content (AvgIpc) is 2.43. The number of rotatable bonds is 5. The molecule has 0 bridgehead atoms. The highest BCUT2D eigenvalue weighted by Crippen LogP contribution is 2.23. The van der Waals surface area contributed by atoms with E-state index >= 15 is 0 Å². The van der Waals surface area contributed by atoms with Gasteiger partial charge in [0.15, 0.2) is 0 Å². The first-order valence-corrected chi connectivity index (χ1v) is 7.37. The van der Waals surface area contributed by atoms with E-state index in [1.165, 1.54) is 5.56 Å². The molecule has 2 N–H and O–H groups in total. The molecule has 4 heteroatoms. The van der Waals surface area contributed by atoms with E-state index in [2.05, 4.69) is 23.1 Å². The Bertz CT molecular complexity index is 474. The molecule has 0 saturated carbocycles. The van der Waals surface area contributed by atoms with Gasteiger partial charge in [0.25, 0.3) is 0 Å². The number of hydrogen-bond donors (Lipinski definition) is 1. The second-order valence-electron chi connectivity index (χ2n) is 5.42. The molecule has 0 aliphatic carbocycles. The lowest BCUT2D eigenvalue weighted by Gasteiger charge is -2.33. The van der Waals surface area contributed by atoms with E-state index in [1.807, 2.05) is 13.8 Å². The molecule has 0 spiro atoms. The van der Waals surface area contributed by atoms with Crippen LogP contribution < -0.4 is 10.5 Å². The molecule has 1 unspecified atom stereocenters. The molecule has 1 saturated heterocycles. The molecule has 0 aromatic heterocycles. The van der Waals surface area contributed by atoms with Crippen LogP contribution in [-0.4, -0.2) is 30.0 Å². The highest BCUT2D eigenvalue weighted by molar-refractivity contribution is 5.79. The summed E-state index contributed by atoms with van der Waals surface area (Å²) in [5, 5.41) is 0. The third-order valence-electron chi connectivity index (χ3n) is 3.88. The highest BCUT2D eigenvalue weighted by Gasteiger charge is 2.26. The van der Waals surface area contributed by atoms with Gasteiger partial charge in [-0.1, -0.05) is 18.6 Å². The number of ether oxygens (including phenoxy) is 1. The minimum absolute atomic E-state index is 0.124. The van der Waals surface area contributed by atoms with Crippen molar-refractivity contribution in [3.05, 3.63) is 29.3 Å². The van der Waals surface area contributed by atoms with Crippen molar-refractivity contribution in [3.8, 4) is 5.75 Å². The quantitative estimate of drug-likeness (QED) is 0.897. The fourth-order valence-electron chi connectivity index (χ4n) is 2.79. The van der Waals surface area contributed by atoms with Crippen LogP contribution in [0.4, 0.5) is 0 Å². The summed E-state index contributed by atoms with van der Waals surface area (Å²) in [4.78, 5) is 13.7. The minimum atomic E-state index is -0.207. The monoisotopic (exact) mass is 276 g/mol. The Balaban J connectivity index is 2.11. The van der Waals surface area contributed by atoms with E-state index in [9.17, 15) is 4.79 Å². The maximum atomic E-state index is 11.5. The van der Waals surface area contributed by atoms with Crippen LogP contribution in [0, 0.1) is 6.92 Å². The lowest BCUT2D eigenvalue weighted by atomic mass is 10.0. The molecule has 110 valence electrons. The van der Waals surface area contributed by atoms with Gasteiger partial charge >= 0.3 is 0 Å². The van der Waals surface area contributed by atoms with Gasteiger partial charge in [0.05, 0.1) is 12.6 Å². The number of hydrogen-bond acceptors (Lipinski definition) is 3. The molecule has 1 fully saturated rings. The van der Waals surface area contributed by atoms with Crippen LogP contribution >= 0.6 is 0 Å². The molecule has 1 aromatic carbocycles. The number of likely N-dealkylation sites (tertiary alicyclic amines) is 1. The molecule has 1 aliphatic rings. The second-order valence-corrected chi connectivity index (χ2v) is 5.42. The lowest BCUT2D eigenvalue weighted by molar-refractivity contribution is -0.124. The van der Waals surface area contributed by atoms with Crippen LogP contribution in [0.25, 0.3) is 0 Å². The predicted octanol–water partition coefficient (Wildman–Crippen LogP) is 2.23. The standard InChI is InChI=1S/C16H24N2O2/c1-3-20-15-10-13(8-7-12(15)2)11-18-9-5-4-6-14(18)16(17)19/h7-8,10,14H,3-6,9,11H2,1-2H3,(H2,17,19). The number of amides is 1. The molecular weight excluding hydrogens is 252 g/mol. The number of aryl methyl sites for hydroxylation is 1. The SMILES string of the molecule is CCOc1cc(CN2CCCCC2C(N)=O)ccc1C. The molecule has 0 radical (unpaired) electrons. The molecular formula is C16H24N2O2. The van der Waals surface area contributed by atoms with E-state index in [1.54, 1.807) is 0 Å². The molecule has 1 aromatic rings. The minimum Gasteiger partial charge on any atom is -0.494 e. The Hall–Kier alpha value is -1.55. The molecule has 1 atom stereocenters. The molecule has 1 aliphatic heterocycles. The Morgan fingerprint density at radius 2 is 2.25 bits per heavy atom. The largest absolute Gasteiger partial charge is 0.494 e. The number of benzene rings is 1. The van der Waals surface area contributed by atoms with Crippen molar-refractivity contribution in [2.24, 2.45) is 5.73 Å². The summed E-state index contributed by atoms with van der Waals surface area (Å²) in [5.74, 6) is 0.722. The van der Waals surface area contributed by atoms with Crippen LogP contribution in [0.2, 0.25) is 0 Å². The van der Waals surface area contributed by atoms with Crippen LogP contribution in [0.15, 0.2) is 18.2 Å². The number of nitrogens with zero attached hydrogens (tertiary/aromatic N) is 1. The Morgan fingerprint density at radius 3 is 2.95 bits per heavy atom. The summed E-state index contributed by atoms with van der Waals surface area (Å²) in [6.45, 7) is 6.39. The zero-order chi connectivity index (χ0) is 14.5. The number of carbonyl (C=O) groups excluding carboxylic acids is 1. The van der Waals surface area contributed by atoms with Crippen molar-refractivity contribution >= 4 is 5.91 Å². The normalized spacial score (nSPS) is 19.8. The van der Waals surface area contributed by atoms with Crippen LogP contribution in [0.5, 0.6) is 5.75 Å². The second kappa shape index (κ2) is 6.75. The van der Waals surface area contributed by atoms with Gasteiger partial charge < -0.3 is 10.5 Å². The first-order valence-electron chi connectivity index (χ1n) is 7.37. The molecule has 1 heterocycles. The fourth-order valence-corrected chi connectivity index (χ4v) is 2.79. The Morgan fingerprint density at radius 1 is 1.45 bits per heavy atom. The van der Waals surface area contributed by atoms with Crippen LogP contribution in [0.3, 0.4) is 0 Å². The van der Waals surface area contributed by atoms with Gasteiger partial charge in [-0.25, -0.2) is 0 Å². The van der Waals surface area contributed by atoms with E-state index < -0.39 is 0 Å². The van der Waals surface area contributed by atoms with Gasteiger partial charge in [0.1, 0.15) is 5.75 Å². The van der Waals surface area contributed by atoms with E-state index in [-0.39, 0.29) is 11.9 Å². The number of nitrogens with two attached hydrogens (primary N) is 1. The van der Waals surface area contributed by atoms with Gasteiger partial charge in [-0.05, 0) is 50.4 Å². The van der Waals surface area contributed by atoms with Crippen LogP contribution in [-0.2, 0) is 11.3 Å². The Kier molecular flexibility index (Phi) is 5.01.